The monoisotopic (exact) mass is 461 g/mol. The third-order valence-corrected chi connectivity index (χ3v) is 6.07. The van der Waals surface area contributed by atoms with Crippen LogP contribution in [-0.4, -0.2) is 60.7 Å². The van der Waals surface area contributed by atoms with Gasteiger partial charge in [-0.3, -0.25) is 0 Å². The molecular weight excluding hydrogens is 424 g/mol. The number of benzene rings is 2. The maximum Gasteiger partial charge on any atom is 0.133 e. The summed E-state index contributed by atoms with van der Waals surface area (Å²) in [6, 6.07) is 14.0. The van der Waals surface area contributed by atoms with Gasteiger partial charge in [-0.05, 0) is 39.1 Å². The topological polar surface area (TPSA) is 72.4 Å². The van der Waals surface area contributed by atoms with Crippen molar-refractivity contribution in [3.8, 4) is 17.0 Å². The Morgan fingerprint density at radius 2 is 1.97 bits per heavy atom. The smallest absolute Gasteiger partial charge is 0.133 e. The molecule has 0 aliphatic heterocycles. The highest BCUT2D eigenvalue weighted by atomic mass is 16.5. The number of nitrogens with two attached hydrogens (primary N) is 1. The van der Waals surface area contributed by atoms with Crippen LogP contribution in [0.25, 0.3) is 22.2 Å². The fraction of sp³-hybridized carbons (Fsp3) is 0.333. The lowest BCUT2D eigenvalue weighted by Gasteiger charge is -2.24. The van der Waals surface area contributed by atoms with Crippen molar-refractivity contribution in [1.82, 2.24) is 19.4 Å². The molecule has 0 amide bonds. The largest absolute Gasteiger partial charge is 0.496 e. The summed E-state index contributed by atoms with van der Waals surface area (Å²) in [7, 11) is 5.09. The number of methoxy groups -OCH3 is 1. The van der Waals surface area contributed by atoms with Gasteiger partial charge in [0.2, 0.25) is 0 Å². The molecule has 0 saturated heterocycles. The molecule has 0 fully saturated rings. The van der Waals surface area contributed by atoms with Crippen molar-refractivity contribution >= 4 is 22.3 Å². The van der Waals surface area contributed by atoms with E-state index in [1.807, 2.05) is 42.3 Å². The second-order valence-corrected chi connectivity index (χ2v) is 8.45. The summed E-state index contributed by atoms with van der Waals surface area (Å²) in [5.74, 6) is 1.35. The molecule has 0 unspecified atom stereocenters. The van der Waals surface area contributed by atoms with Gasteiger partial charge in [0, 0.05) is 77.7 Å². The van der Waals surface area contributed by atoms with Crippen LogP contribution in [0.3, 0.4) is 0 Å². The van der Waals surface area contributed by atoms with Crippen molar-refractivity contribution in [3.05, 3.63) is 66.2 Å². The van der Waals surface area contributed by atoms with E-state index in [9.17, 15) is 0 Å². The number of rotatable bonds is 9. The third kappa shape index (κ3) is 4.84. The molecule has 178 valence electrons. The van der Waals surface area contributed by atoms with Crippen LogP contribution in [0.5, 0.6) is 5.75 Å². The number of fused-ring (bicyclic) bond motifs is 1. The van der Waals surface area contributed by atoms with Gasteiger partial charge in [-0.1, -0.05) is 18.2 Å². The Bertz CT molecular complexity index is 1380. The summed E-state index contributed by atoms with van der Waals surface area (Å²) in [5.41, 5.74) is 11.8. The second-order valence-electron chi connectivity index (χ2n) is 8.45. The first-order chi connectivity index (χ1) is 17.6. The number of anilines is 2. The number of para-hydroxylation sites is 1. The summed E-state index contributed by atoms with van der Waals surface area (Å²) in [6.07, 6.45) is 4.39. The van der Waals surface area contributed by atoms with Crippen molar-refractivity contribution in [2.75, 3.05) is 51.9 Å². The van der Waals surface area contributed by atoms with E-state index in [0.29, 0.717) is 36.8 Å². The lowest BCUT2D eigenvalue weighted by molar-refractivity contribution is 0.409. The van der Waals surface area contributed by atoms with Crippen LogP contribution >= 0.6 is 0 Å². The van der Waals surface area contributed by atoms with Crippen LogP contribution in [0.1, 0.15) is 22.4 Å². The first-order valence-electron chi connectivity index (χ1n) is 12.9. The van der Waals surface area contributed by atoms with Crippen molar-refractivity contribution in [2.24, 2.45) is 0 Å². The minimum absolute atomic E-state index is 0.367. The first-order valence-corrected chi connectivity index (χ1v) is 11.4. The molecule has 7 heteroatoms. The predicted octanol–water partition coefficient (Wildman–Crippen LogP) is 4.30. The number of nitrogen functional groups attached to an aromatic ring is 1. The summed E-state index contributed by atoms with van der Waals surface area (Å²) in [6.45, 7) is 1.74. The van der Waals surface area contributed by atoms with E-state index in [0.717, 1.165) is 34.4 Å². The Morgan fingerprint density at radius 1 is 1.15 bits per heavy atom. The Labute approximate surface area is 206 Å². The third-order valence-electron chi connectivity index (χ3n) is 6.07. The van der Waals surface area contributed by atoms with Gasteiger partial charge < -0.3 is 24.8 Å². The number of ether oxygens (including phenoxy) is 1. The van der Waals surface area contributed by atoms with Crippen molar-refractivity contribution in [3.63, 3.8) is 0 Å². The van der Waals surface area contributed by atoms with Crippen molar-refractivity contribution in [2.45, 2.75) is 19.9 Å². The average Bonchev–Trinajstić information content (AvgIpc) is 3.26. The highest BCUT2D eigenvalue weighted by molar-refractivity contribution is 5.95. The summed E-state index contributed by atoms with van der Waals surface area (Å²) in [4.78, 5) is 12.7. The fourth-order valence-corrected chi connectivity index (χ4v) is 4.23. The molecule has 4 aromatic rings. The molecule has 4 rings (SSSR count). The van der Waals surface area contributed by atoms with Gasteiger partial charge >= 0.3 is 0 Å². The molecule has 2 N–H and O–H groups in total. The van der Waals surface area contributed by atoms with Gasteiger partial charge in [0.1, 0.15) is 11.6 Å². The zero-order valence-corrected chi connectivity index (χ0v) is 20.2. The second kappa shape index (κ2) is 10.1. The molecule has 0 aliphatic rings. The van der Waals surface area contributed by atoms with Crippen LogP contribution in [0, 0.1) is 0 Å². The Balaban J connectivity index is 1.59. The molecule has 0 bridgehead atoms. The lowest BCUT2D eigenvalue weighted by Crippen LogP contribution is -2.29. The van der Waals surface area contributed by atoms with E-state index < -0.39 is 6.98 Å². The van der Waals surface area contributed by atoms with Gasteiger partial charge in [0.05, 0.1) is 24.2 Å². The maximum absolute atomic E-state index is 7.53. The lowest BCUT2D eigenvalue weighted by atomic mass is 10.1. The quantitative estimate of drug-likeness (QED) is 0.375. The minimum Gasteiger partial charge on any atom is -0.496 e. The number of aromatic nitrogens is 3. The standard InChI is InChI=1S/C27H34N6O/c1-6-33-18-21(20-9-7-8-10-24(20)33)23-11-12-29-27(30-23)16-19-15-22(28)25(17-26(19)34-5)32(4)14-13-31(2)3/h7-12,15,17-18H,6,13-14,16,28H2,1-5H3/i2D3. The average molecular weight is 462 g/mol. The highest BCUT2D eigenvalue weighted by Crippen LogP contribution is 2.33. The van der Waals surface area contributed by atoms with Gasteiger partial charge in [-0.15, -0.1) is 0 Å². The number of nitrogens with zero attached hydrogens (tertiary/aromatic N) is 5. The molecule has 34 heavy (non-hydrogen) atoms. The van der Waals surface area contributed by atoms with E-state index in [2.05, 4.69) is 34.8 Å². The molecule has 0 atom stereocenters. The zero-order valence-electron chi connectivity index (χ0n) is 23.2. The SMILES string of the molecule is [2H]C([2H])([2H])N(C)CCN(C)c1cc(OC)c(Cc2nccc(-c3cn(CC)c4ccccc34)n2)cc1N. The Kier molecular flexibility index (Phi) is 5.92. The number of aryl methyl sites for hydroxylation is 1. The normalized spacial score (nSPS) is 13.0. The van der Waals surface area contributed by atoms with Crippen LogP contribution in [0.15, 0.2) is 54.9 Å². The molecule has 0 radical (unpaired) electrons. The van der Waals surface area contributed by atoms with E-state index in [-0.39, 0.29) is 0 Å². The van der Waals surface area contributed by atoms with Crippen LogP contribution in [0.2, 0.25) is 0 Å². The summed E-state index contributed by atoms with van der Waals surface area (Å²) >= 11 is 0. The summed E-state index contributed by atoms with van der Waals surface area (Å²) in [5, 5.41) is 1.16. The number of hydrogen-bond acceptors (Lipinski definition) is 6. The molecule has 2 heterocycles. The van der Waals surface area contributed by atoms with Crippen molar-refractivity contribution < 1.29 is 8.85 Å². The minimum atomic E-state index is -2.13. The molecule has 0 aliphatic carbocycles. The summed E-state index contributed by atoms with van der Waals surface area (Å²) < 4.78 is 30.5. The van der Waals surface area contributed by atoms with Gasteiger partial charge in [-0.25, -0.2) is 9.97 Å². The fourth-order valence-electron chi connectivity index (χ4n) is 4.23. The van der Waals surface area contributed by atoms with Gasteiger partial charge in [0.25, 0.3) is 0 Å². The predicted molar refractivity (Wildman–Crippen MR) is 141 cm³/mol. The number of hydrogen-bond donors (Lipinski definition) is 1. The van der Waals surface area contributed by atoms with Crippen LogP contribution in [-0.2, 0) is 13.0 Å². The van der Waals surface area contributed by atoms with Crippen LogP contribution < -0.4 is 15.4 Å². The Morgan fingerprint density at radius 3 is 2.74 bits per heavy atom. The number of likely N-dealkylation sites (N-methyl/N-ethyl adjacent to an activating group) is 2. The van der Waals surface area contributed by atoms with Gasteiger partial charge in [0.15, 0.2) is 0 Å². The van der Waals surface area contributed by atoms with E-state index >= 15 is 0 Å². The highest BCUT2D eigenvalue weighted by Gasteiger charge is 2.15. The first kappa shape index (κ1) is 19.9. The molecule has 0 saturated carbocycles. The van der Waals surface area contributed by atoms with Crippen molar-refractivity contribution in [1.29, 1.82) is 0 Å². The molecular formula is C27H34N6O. The molecule has 2 aromatic heterocycles. The molecule has 0 spiro atoms. The molecule has 2 aromatic carbocycles. The van der Waals surface area contributed by atoms with E-state index in [1.54, 1.807) is 20.4 Å². The van der Waals surface area contributed by atoms with E-state index in [4.69, 9.17) is 19.6 Å². The van der Waals surface area contributed by atoms with Crippen LogP contribution in [0.4, 0.5) is 11.4 Å². The zero-order chi connectivity index (χ0) is 26.7. The Hall–Kier alpha value is -3.58. The van der Waals surface area contributed by atoms with Gasteiger partial charge in [-0.2, -0.15) is 0 Å². The maximum atomic E-state index is 7.53. The van der Waals surface area contributed by atoms with E-state index in [1.165, 1.54) is 10.4 Å². The molecule has 7 nitrogen and oxygen atoms in total.